The van der Waals surface area contributed by atoms with Crippen molar-refractivity contribution in [2.45, 2.75) is 19.4 Å². The molecule has 0 saturated carbocycles. The van der Waals surface area contributed by atoms with Crippen molar-refractivity contribution in [1.29, 1.82) is 0 Å². The van der Waals surface area contributed by atoms with Gasteiger partial charge in [0, 0.05) is 36.3 Å². The van der Waals surface area contributed by atoms with Crippen molar-refractivity contribution in [3.8, 4) is 0 Å². The highest BCUT2D eigenvalue weighted by atomic mass is 35.5. The molecule has 2 N–H and O–H groups in total. The molecule has 1 atom stereocenters. The van der Waals surface area contributed by atoms with Gasteiger partial charge in [0.2, 0.25) is 0 Å². The summed E-state index contributed by atoms with van der Waals surface area (Å²) in [5, 5.41) is 10.8. The number of hydrogen-bond acceptors (Lipinski definition) is 4. The van der Waals surface area contributed by atoms with Crippen LogP contribution < -0.4 is 5.73 Å². The lowest BCUT2D eigenvalue weighted by molar-refractivity contribution is -0.385. The third-order valence-electron chi connectivity index (χ3n) is 3.24. The average Bonchev–Trinajstić information content (AvgIpc) is 2.75. The molecule has 6 nitrogen and oxygen atoms in total. The molecule has 1 aliphatic rings. The van der Waals surface area contributed by atoms with Gasteiger partial charge in [0.05, 0.1) is 4.92 Å². The van der Waals surface area contributed by atoms with Crippen LogP contribution in [-0.2, 0) is 0 Å². The van der Waals surface area contributed by atoms with Gasteiger partial charge >= 0.3 is 0 Å². The maximum absolute atomic E-state index is 12.2. The Balaban J connectivity index is 0.00000180. The summed E-state index contributed by atoms with van der Waals surface area (Å²) in [7, 11) is 0. The first-order valence-electron chi connectivity index (χ1n) is 5.79. The number of nitro groups is 1. The van der Waals surface area contributed by atoms with Crippen molar-refractivity contribution in [2.24, 2.45) is 5.73 Å². The van der Waals surface area contributed by atoms with E-state index < -0.39 is 4.92 Å². The van der Waals surface area contributed by atoms with Crippen LogP contribution in [0.5, 0.6) is 0 Å². The first-order chi connectivity index (χ1) is 8.50. The summed E-state index contributed by atoms with van der Waals surface area (Å²) >= 11 is 0. The molecule has 1 aromatic carbocycles. The zero-order valence-corrected chi connectivity index (χ0v) is 11.4. The van der Waals surface area contributed by atoms with Crippen molar-refractivity contribution in [3.63, 3.8) is 0 Å². The topological polar surface area (TPSA) is 89.5 Å². The Morgan fingerprint density at radius 1 is 1.53 bits per heavy atom. The number of carbonyl (C=O) groups is 1. The largest absolute Gasteiger partial charge is 0.337 e. The lowest BCUT2D eigenvalue weighted by atomic mass is 10.1. The molecule has 1 amide bonds. The number of nitrogens with two attached hydrogens (primary N) is 1. The van der Waals surface area contributed by atoms with Gasteiger partial charge in [-0.2, -0.15) is 0 Å². The van der Waals surface area contributed by atoms with Crippen LogP contribution in [0.25, 0.3) is 0 Å². The number of carbonyl (C=O) groups excluding carboxylic acids is 1. The van der Waals surface area contributed by atoms with Crippen molar-refractivity contribution in [3.05, 3.63) is 39.4 Å². The Kier molecular flexibility index (Phi) is 4.85. The third kappa shape index (κ3) is 3.02. The molecule has 1 aliphatic heterocycles. The molecule has 1 aromatic rings. The number of amides is 1. The third-order valence-corrected chi connectivity index (χ3v) is 3.24. The van der Waals surface area contributed by atoms with E-state index in [1.807, 2.05) is 0 Å². The molecule has 19 heavy (non-hydrogen) atoms. The van der Waals surface area contributed by atoms with Crippen molar-refractivity contribution in [1.82, 2.24) is 4.90 Å². The van der Waals surface area contributed by atoms with Crippen LogP contribution in [0.3, 0.4) is 0 Å². The van der Waals surface area contributed by atoms with Crippen molar-refractivity contribution in [2.75, 3.05) is 13.1 Å². The molecule has 104 valence electrons. The first kappa shape index (κ1) is 15.4. The maximum atomic E-state index is 12.2. The Bertz CT molecular complexity index is 507. The number of likely N-dealkylation sites (tertiary alicyclic amines) is 1. The summed E-state index contributed by atoms with van der Waals surface area (Å²) in [5.41, 5.74) is 6.53. The molecule has 1 heterocycles. The van der Waals surface area contributed by atoms with E-state index in [2.05, 4.69) is 0 Å². The van der Waals surface area contributed by atoms with Gasteiger partial charge < -0.3 is 10.6 Å². The second-order valence-electron chi connectivity index (χ2n) is 4.51. The van der Waals surface area contributed by atoms with E-state index in [1.54, 1.807) is 17.9 Å². The quantitative estimate of drug-likeness (QED) is 0.658. The zero-order chi connectivity index (χ0) is 13.3. The summed E-state index contributed by atoms with van der Waals surface area (Å²) in [6, 6.07) is 4.57. The summed E-state index contributed by atoms with van der Waals surface area (Å²) in [4.78, 5) is 24.2. The van der Waals surface area contributed by atoms with Crippen LogP contribution in [0.4, 0.5) is 5.69 Å². The molecular formula is C12H16ClN3O3. The van der Waals surface area contributed by atoms with Gasteiger partial charge in [-0.15, -0.1) is 12.4 Å². The lowest BCUT2D eigenvalue weighted by Gasteiger charge is -2.16. The second kappa shape index (κ2) is 5.99. The zero-order valence-electron chi connectivity index (χ0n) is 10.5. The van der Waals surface area contributed by atoms with Gasteiger partial charge in [0.1, 0.15) is 0 Å². The summed E-state index contributed by atoms with van der Waals surface area (Å²) in [5.74, 6) is -0.177. The van der Waals surface area contributed by atoms with Gasteiger partial charge in [-0.05, 0) is 19.4 Å². The standard InChI is InChI=1S/C12H15N3O3.ClH/c1-8-10(3-2-4-11(8)15(17)18)12(16)14-6-5-9(13)7-14;/h2-4,9H,5-7,13H2,1H3;1H. The van der Waals surface area contributed by atoms with E-state index in [9.17, 15) is 14.9 Å². The molecule has 1 fully saturated rings. The summed E-state index contributed by atoms with van der Waals surface area (Å²) < 4.78 is 0. The normalized spacial score (nSPS) is 18.0. The Hall–Kier alpha value is -1.66. The molecule has 0 bridgehead atoms. The fraction of sp³-hybridized carbons (Fsp3) is 0.417. The van der Waals surface area contributed by atoms with E-state index in [-0.39, 0.29) is 30.0 Å². The molecule has 1 saturated heterocycles. The van der Waals surface area contributed by atoms with Gasteiger partial charge in [-0.25, -0.2) is 0 Å². The lowest BCUT2D eigenvalue weighted by Crippen LogP contribution is -2.32. The SMILES string of the molecule is Cc1c(C(=O)N2CCC(N)C2)cccc1[N+](=O)[O-].Cl. The molecule has 2 rings (SSSR count). The van der Waals surface area contributed by atoms with Crippen molar-refractivity contribution < 1.29 is 9.72 Å². The molecule has 0 radical (unpaired) electrons. The van der Waals surface area contributed by atoms with Crippen LogP contribution in [0.1, 0.15) is 22.3 Å². The average molecular weight is 286 g/mol. The maximum Gasteiger partial charge on any atom is 0.273 e. The van der Waals surface area contributed by atoms with Gasteiger partial charge in [-0.1, -0.05) is 6.07 Å². The van der Waals surface area contributed by atoms with Gasteiger partial charge in [0.15, 0.2) is 0 Å². The van der Waals surface area contributed by atoms with E-state index >= 15 is 0 Å². The van der Waals surface area contributed by atoms with E-state index in [1.165, 1.54) is 12.1 Å². The Labute approximate surface area is 117 Å². The highest BCUT2D eigenvalue weighted by molar-refractivity contribution is 5.96. The minimum atomic E-state index is -0.470. The molecular weight excluding hydrogens is 270 g/mol. The predicted molar refractivity (Wildman–Crippen MR) is 73.6 cm³/mol. The van der Waals surface area contributed by atoms with Crippen molar-refractivity contribution >= 4 is 24.0 Å². The fourth-order valence-electron chi connectivity index (χ4n) is 2.20. The van der Waals surface area contributed by atoms with Crippen LogP contribution in [0, 0.1) is 17.0 Å². The molecule has 7 heteroatoms. The number of hydrogen-bond donors (Lipinski definition) is 1. The van der Waals surface area contributed by atoms with E-state index in [0.717, 1.165) is 6.42 Å². The number of rotatable bonds is 2. The highest BCUT2D eigenvalue weighted by Gasteiger charge is 2.27. The van der Waals surface area contributed by atoms with Gasteiger partial charge in [-0.3, -0.25) is 14.9 Å². The Morgan fingerprint density at radius 2 is 2.21 bits per heavy atom. The molecule has 1 unspecified atom stereocenters. The van der Waals surface area contributed by atoms with Crippen LogP contribution in [0.2, 0.25) is 0 Å². The number of benzene rings is 1. The number of halogens is 1. The minimum Gasteiger partial charge on any atom is -0.337 e. The van der Waals surface area contributed by atoms with Crippen LogP contribution in [0.15, 0.2) is 18.2 Å². The first-order valence-corrected chi connectivity index (χ1v) is 5.79. The van der Waals surface area contributed by atoms with E-state index in [0.29, 0.717) is 24.2 Å². The molecule has 0 aliphatic carbocycles. The van der Waals surface area contributed by atoms with Gasteiger partial charge in [0.25, 0.3) is 11.6 Å². The summed E-state index contributed by atoms with van der Waals surface area (Å²) in [6.45, 7) is 2.73. The smallest absolute Gasteiger partial charge is 0.273 e. The van der Waals surface area contributed by atoms with E-state index in [4.69, 9.17) is 5.73 Å². The van der Waals surface area contributed by atoms with Crippen LogP contribution >= 0.6 is 12.4 Å². The summed E-state index contributed by atoms with van der Waals surface area (Å²) in [6.07, 6.45) is 0.777. The fourth-order valence-corrected chi connectivity index (χ4v) is 2.20. The number of nitrogens with zero attached hydrogens (tertiary/aromatic N) is 2. The van der Waals surface area contributed by atoms with Crippen LogP contribution in [-0.4, -0.2) is 34.9 Å². The Morgan fingerprint density at radius 3 is 2.74 bits per heavy atom. The minimum absolute atomic E-state index is 0. The monoisotopic (exact) mass is 285 g/mol. The molecule has 0 spiro atoms. The predicted octanol–water partition coefficient (Wildman–Crippen LogP) is 1.50. The highest BCUT2D eigenvalue weighted by Crippen LogP contribution is 2.23. The molecule has 0 aromatic heterocycles. The second-order valence-corrected chi connectivity index (χ2v) is 4.51. The number of nitro benzene ring substituents is 1.